The van der Waals surface area contributed by atoms with Crippen LogP contribution in [0, 0.1) is 5.41 Å². The molecule has 10 heavy (non-hydrogen) atoms. The van der Waals surface area contributed by atoms with E-state index in [1.54, 1.807) is 0 Å². The van der Waals surface area contributed by atoms with E-state index in [1.165, 1.54) is 7.11 Å². The zero-order valence-corrected chi connectivity index (χ0v) is 7.02. The average molecular weight is 142 g/mol. The first kappa shape index (κ1) is 9.21. The van der Waals surface area contributed by atoms with E-state index in [1.807, 2.05) is 20.8 Å². The van der Waals surface area contributed by atoms with Crippen molar-refractivity contribution in [3.63, 3.8) is 0 Å². The summed E-state index contributed by atoms with van der Waals surface area (Å²) in [4.78, 5) is 11.2. The third-order valence-electron chi connectivity index (χ3n) is 1.18. The fraction of sp³-hybridized carbons (Fsp3) is 0.625. The van der Waals surface area contributed by atoms with Crippen molar-refractivity contribution in [1.29, 1.82) is 0 Å². The Bertz CT molecular complexity index is 151. The fourth-order valence-corrected chi connectivity index (χ4v) is 0.511. The first-order chi connectivity index (χ1) is 4.39. The molecule has 0 rings (SSSR count). The number of ether oxygens (including phenoxy) is 1. The first-order valence-electron chi connectivity index (χ1n) is 3.17. The van der Waals surface area contributed by atoms with Crippen LogP contribution in [0.25, 0.3) is 0 Å². The number of carbonyl (C=O) groups is 1. The molecule has 0 aliphatic carbocycles. The predicted molar refractivity (Wildman–Crippen MR) is 40.6 cm³/mol. The Morgan fingerprint density at radius 2 is 1.80 bits per heavy atom. The van der Waals surface area contributed by atoms with Gasteiger partial charge in [0.1, 0.15) is 0 Å². The number of Topliss-reactive ketones (excluding diaryl/α,β-unsaturated/α-hetero) is 1. The van der Waals surface area contributed by atoms with Crippen molar-refractivity contribution in [3.05, 3.63) is 12.3 Å². The topological polar surface area (TPSA) is 26.3 Å². The molecule has 0 aromatic heterocycles. The number of methoxy groups -OCH3 is 1. The summed E-state index contributed by atoms with van der Waals surface area (Å²) in [6.45, 7) is 8.97. The van der Waals surface area contributed by atoms with Gasteiger partial charge in [0.2, 0.25) is 5.78 Å². The molecule has 0 atom stereocenters. The van der Waals surface area contributed by atoms with Gasteiger partial charge in [-0.3, -0.25) is 4.79 Å². The maximum atomic E-state index is 11.2. The van der Waals surface area contributed by atoms with Crippen LogP contribution < -0.4 is 0 Å². The molecule has 0 saturated heterocycles. The molecular formula is C8H14O2. The van der Waals surface area contributed by atoms with Crippen molar-refractivity contribution in [3.8, 4) is 0 Å². The van der Waals surface area contributed by atoms with Crippen molar-refractivity contribution in [2.24, 2.45) is 5.41 Å². The van der Waals surface area contributed by atoms with Crippen LogP contribution in [0.5, 0.6) is 0 Å². The van der Waals surface area contributed by atoms with Gasteiger partial charge in [-0.2, -0.15) is 0 Å². The van der Waals surface area contributed by atoms with Gasteiger partial charge in [0.25, 0.3) is 0 Å². The lowest BCUT2D eigenvalue weighted by atomic mass is 9.90. The summed E-state index contributed by atoms with van der Waals surface area (Å²) < 4.78 is 4.69. The minimum absolute atomic E-state index is 0.0463. The summed E-state index contributed by atoms with van der Waals surface area (Å²) in [6, 6.07) is 0. The average Bonchev–Trinajstić information content (AvgIpc) is 1.83. The van der Waals surface area contributed by atoms with E-state index in [2.05, 4.69) is 6.58 Å². The molecule has 0 unspecified atom stereocenters. The van der Waals surface area contributed by atoms with Crippen molar-refractivity contribution >= 4 is 5.78 Å². The van der Waals surface area contributed by atoms with Crippen LogP contribution in [-0.2, 0) is 9.53 Å². The zero-order chi connectivity index (χ0) is 8.36. The molecule has 58 valence electrons. The Balaban J connectivity index is 4.24. The van der Waals surface area contributed by atoms with E-state index in [9.17, 15) is 4.79 Å². The molecule has 0 heterocycles. The zero-order valence-electron chi connectivity index (χ0n) is 7.02. The summed E-state index contributed by atoms with van der Waals surface area (Å²) in [5.41, 5.74) is -0.382. The van der Waals surface area contributed by atoms with Gasteiger partial charge in [-0.05, 0) is 0 Å². The molecule has 0 aliphatic rings. The monoisotopic (exact) mass is 142 g/mol. The van der Waals surface area contributed by atoms with Crippen LogP contribution in [0.4, 0.5) is 0 Å². The van der Waals surface area contributed by atoms with Crippen molar-refractivity contribution in [2.75, 3.05) is 7.11 Å². The van der Waals surface area contributed by atoms with Gasteiger partial charge < -0.3 is 4.74 Å². The van der Waals surface area contributed by atoms with Gasteiger partial charge in [-0.1, -0.05) is 27.4 Å². The molecular weight excluding hydrogens is 128 g/mol. The van der Waals surface area contributed by atoms with Crippen LogP contribution in [-0.4, -0.2) is 12.9 Å². The summed E-state index contributed by atoms with van der Waals surface area (Å²) in [6.07, 6.45) is 0. The predicted octanol–water partition coefficient (Wildman–Crippen LogP) is 1.76. The highest BCUT2D eigenvalue weighted by Gasteiger charge is 2.24. The number of hydrogen-bond donors (Lipinski definition) is 0. The quantitative estimate of drug-likeness (QED) is 0.434. The number of carbonyl (C=O) groups excluding carboxylic acids is 1. The third kappa shape index (κ3) is 2.21. The molecule has 2 heteroatoms. The largest absolute Gasteiger partial charge is 0.494 e. The molecule has 2 nitrogen and oxygen atoms in total. The lowest BCUT2D eigenvalue weighted by Gasteiger charge is -2.16. The lowest BCUT2D eigenvalue weighted by Crippen LogP contribution is -2.22. The van der Waals surface area contributed by atoms with Gasteiger partial charge in [-0.25, -0.2) is 0 Å². The Hall–Kier alpha value is -0.790. The first-order valence-corrected chi connectivity index (χ1v) is 3.17. The van der Waals surface area contributed by atoms with Crippen LogP contribution in [0.1, 0.15) is 20.8 Å². The minimum atomic E-state index is -0.382. The maximum Gasteiger partial charge on any atom is 0.201 e. The highest BCUT2D eigenvalue weighted by Crippen LogP contribution is 2.18. The van der Waals surface area contributed by atoms with E-state index in [0.29, 0.717) is 0 Å². The molecule has 0 aliphatic heterocycles. The standard InChI is InChI=1S/C8H14O2/c1-6(10-5)7(9)8(2,3)4/h1H2,2-5H3. The molecule has 0 fully saturated rings. The van der Waals surface area contributed by atoms with Gasteiger partial charge in [0.05, 0.1) is 7.11 Å². The number of allylic oxidation sites excluding steroid dienone is 1. The molecule has 0 bridgehead atoms. The normalized spacial score (nSPS) is 10.8. The van der Waals surface area contributed by atoms with E-state index in [-0.39, 0.29) is 17.0 Å². The fourth-order valence-electron chi connectivity index (χ4n) is 0.511. The highest BCUT2D eigenvalue weighted by molar-refractivity contribution is 5.96. The van der Waals surface area contributed by atoms with Crippen molar-refractivity contribution in [2.45, 2.75) is 20.8 Å². The molecule has 0 N–H and O–H groups in total. The molecule has 0 aromatic carbocycles. The lowest BCUT2D eigenvalue weighted by molar-refractivity contribution is -0.125. The summed E-state index contributed by atoms with van der Waals surface area (Å²) in [7, 11) is 1.45. The second kappa shape index (κ2) is 2.86. The van der Waals surface area contributed by atoms with Gasteiger partial charge in [0.15, 0.2) is 5.76 Å². The van der Waals surface area contributed by atoms with Gasteiger partial charge >= 0.3 is 0 Å². The summed E-state index contributed by atoms with van der Waals surface area (Å²) >= 11 is 0. The second-order valence-electron chi connectivity index (χ2n) is 3.21. The number of ketones is 1. The number of hydrogen-bond acceptors (Lipinski definition) is 2. The maximum absolute atomic E-state index is 11.2. The summed E-state index contributed by atoms with van der Waals surface area (Å²) in [5, 5.41) is 0. The van der Waals surface area contributed by atoms with Crippen LogP contribution in [0.3, 0.4) is 0 Å². The second-order valence-corrected chi connectivity index (χ2v) is 3.21. The van der Waals surface area contributed by atoms with Gasteiger partial charge in [0, 0.05) is 5.41 Å². The Morgan fingerprint density at radius 3 is 1.90 bits per heavy atom. The minimum Gasteiger partial charge on any atom is -0.494 e. The van der Waals surface area contributed by atoms with Crippen molar-refractivity contribution < 1.29 is 9.53 Å². The molecule has 0 saturated carbocycles. The smallest absolute Gasteiger partial charge is 0.201 e. The Labute approximate surface area is 61.9 Å². The molecule has 0 amide bonds. The van der Waals surface area contributed by atoms with Crippen LogP contribution in [0.15, 0.2) is 12.3 Å². The Kier molecular flexibility index (Phi) is 2.64. The van der Waals surface area contributed by atoms with Crippen molar-refractivity contribution in [1.82, 2.24) is 0 Å². The van der Waals surface area contributed by atoms with E-state index < -0.39 is 0 Å². The summed E-state index contributed by atoms with van der Waals surface area (Å²) in [5.74, 6) is 0.183. The van der Waals surface area contributed by atoms with Gasteiger partial charge in [-0.15, -0.1) is 0 Å². The van der Waals surface area contributed by atoms with Crippen LogP contribution >= 0.6 is 0 Å². The number of rotatable bonds is 2. The third-order valence-corrected chi connectivity index (χ3v) is 1.18. The SMILES string of the molecule is C=C(OC)C(=O)C(C)(C)C. The van der Waals surface area contributed by atoms with E-state index in [0.717, 1.165) is 0 Å². The highest BCUT2D eigenvalue weighted by atomic mass is 16.5. The van der Waals surface area contributed by atoms with E-state index >= 15 is 0 Å². The molecule has 0 radical (unpaired) electrons. The van der Waals surface area contributed by atoms with E-state index in [4.69, 9.17) is 4.74 Å². The molecule has 0 aromatic rings. The Morgan fingerprint density at radius 1 is 1.40 bits per heavy atom. The molecule has 0 spiro atoms. The van der Waals surface area contributed by atoms with Crippen LogP contribution in [0.2, 0.25) is 0 Å².